The van der Waals surface area contributed by atoms with Crippen molar-refractivity contribution >= 4 is 22.8 Å². The fraction of sp³-hybridized carbons (Fsp3) is 0.525. The van der Waals surface area contributed by atoms with Crippen molar-refractivity contribution in [1.82, 2.24) is 4.98 Å². The minimum atomic E-state index is 0. The smallest absolute Gasteiger partial charge is 1.00 e. The summed E-state index contributed by atoms with van der Waals surface area (Å²) in [4.78, 5) is 15.8. The molecule has 6 heteroatoms. The Bertz CT molecular complexity index is 1350. The molecular weight excluding hydrogens is 652 g/mol. The first kappa shape index (κ1) is 44.0. The Kier molecular flexibility index (Phi) is 17.7. The van der Waals surface area contributed by atoms with Gasteiger partial charge in [0.1, 0.15) is 0 Å². The molecule has 0 spiro atoms. The van der Waals surface area contributed by atoms with Crippen LogP contribution in [0.25, 0.3) is 0 Å². The number of aryl methyl sites for hydroxylation is 1. The molecule has 0 fully saturated rings. The Morgan fingerprint density at radius 1 is 0.478 bits per heavy atom. The molecule has 255 valence electrons. The quantitative estimate of drug-likeness (QED) is 0.224. The van der Waals surface area contributed by atoms with E-state index >= 15 is 0 Å². The molecule has 0 unspecified atom stereocenters. The van der Waals surface area contributed by atoms with E-state index in [0.717, 1.165) is 39.7 Å². The van der Waals surface area contributed by atoms with Crippen LogP contribution < -0.4 is 24.8 Å². The number of hydrogen-bond acceptors (Lipinski definition) is 3. The monoisotopic (exact) mass is 708 g/mol. The van der Waals surface area contributed by atoms with E-state index in [0.29, 0.717) is 35.5 Å². The second kappa shape index (κ2) is 18.5. The molecule has 0 aliphatic carbocycles. The second-order valence-corrected chi connectivity index (χ2v) is 14.3. The number of aromatic nitrogens is 1. The normalized spacial score (nSPS) is 12.3. The molecule has 0 saturated heterocycles. The molecule has 0 bridgehead atoms. The van der Waals surface area contributed by atoms with Gasteiger partial charge in [0.2, 0.25) is 0 Å². The summed E-state index contributed by atoms with van der Waals surface area (Å²) >= 11 is 0. The average molecular weight is 710 g/mol. The number of rotatable bonds is 10. The molecule has 0 atom stereocenters. The fourth-order valence-electron chi connectivity index (χ4n) is 5.58. The summed E-state index contributed by atoms with van der Waals surface area (Å²) in [5.41, 5.74) is 15.1. The molecule has 46 heavy (non-hydrogen) atoms. The molecular formula is C40H57Cl2CoN3. The van der Waals surface area contributed by atoms with Gasteiger partial charge < -0.3 is 24.8 Å². The molecule has 3 aromatic rings. The van der Waals surface area contributed by atoms with Gasteiger partial charge in [0.15, 0.2) is 0 Å². The van der Waals surface area contributed by atoms with Gasteiger partial charge in [0, 0.05) is 0 Å². The van der Waals surface area contributed by atoms with Gasteiger partial charge in [-0.2, -0.15) is 0 Å². The first-order chi connectivity index (χ1) is 20.0. The predicted octanol–water partition coefficient (Wildman–Crippen LogP) is 6.42. The Morgan fingerprint density at radius 2 is 0.739 bits per heavy atom. The number of pyridine rings is 1. The van der Waals surface area contributed by atoms with E-state index in [9.17, 15) is 0 Å². The number of benzene rings is 2. The average Bonchev–Trinajstić information content (AvgIpc) is 2.91. The first-order valence-corrected chi connectivity index (χ1v) is 16.5. The first-order valence-electron chi connectivity index (χ1n) is 16.5. The summed E-state index contributed by atoms with van der Waals surface area (Å²) < 4.78 is 0. The van der Waals surface area contributed by atoms with Crippen molar-refractivity contribution in [3.63, 3.8) is 0 Å². The predicted molar refractivity (Wildman–Crippen MR) is 190 cm³/mol. The van der Waals surface area contributed by atoms with E-state index in [2.05, 4.69) is 140 Å². The van der Waals surface area contributed by atoms with Crippen LogP contribution in [0.5, 0.6) is 0 Å². The summed E-state index contributed by atoms with van der Waals surface area (Å²) in [5, 5.41) is 0. The summed E-state index contributed by atoms with van der Waals surface area (Å²) in [6.45, 7) is 33.6. The topological polar surface area (TPSA) is 37.6 Å². The Balaban J connectivity index is 0.00000675. The van der Waals surface area contributed by atoms with Crippen LogP contribution in [0, 0.1) is 6.92 Å². The third-order valence-electron chi connectivity index (χ3n) is 8.47. The van der Waals surface area contributed by atoms with Crippen LogP contribution >= 0.6 is 0 Å². The van der Waals surface area contributed by atoms with E-state index in [1.165, 1.54) is 33.4 Å². The van der Waals surface area contributed by atoms with Crippen LogP contribution in [0.15, 0.2) is 46.4 Å². The van der Waals surface area contributed by atoms with Gasteiger partial charge >= 0.3 is 16.8 Å². The number of aliphatic imine (C=N–C) groups is 2. The molecule has 1 radical (unpaired) electrons. The zero-order chi connectivity index (χ0) is 32.3. The van der Waals surface area contributed by atoms with Crippen LogP contribution in [0.2, 0.25) is 0 Å². The van der Waals surface area contributed by atoms with Crippen molar-refractivity contribution < 1.29 is 41.6 Å². The van der Waals surface area contributed by atoms with E-state index in [1.54, 1.807) is 0 Å². The Labute approximate surface area is 304 Å². The summed E-state index contributed by atoms with van der Waals surface area (Å²) in [7, 11) is 0. The molecule has 2 aromatic carbocycles. The minimum Gasteiger partial charge on any atom is -1.00 e. The van der Waals surface area contributed by atoms with Crippen LogP contribution in [-0.2, 0) is 16.8 Å². The maximum Gasteiger partial charge on any atom is 2.00 e. The molecule has 0 amide bonds. The largest absolute Gasteiger partial charge is 2.00 e. The van der Waals surface area contributed by atoms with Crippen molar-refractivity contribution in [1.29, 1.82) is 0 Å². The van der Waals surface area contributed by atoms with Crippen molar-refractivity contribution in [2.75, 3.05) is 0 Å². The molecule has 0 N–H and O–H groups in total. The Hall–Kier alpha value is -1.98. The van der Waals surface area contributed by atoms with Crippen LogP contribution in [0.1, 0.15) is 183 Å². The third-order valence-corrected chi connectivity index (χ3v) is 8.47. The molecule has 0 saturated carbocycles. The molecule has 3 nitrogen and oxygen atoms in total. The SMILES string of the molecule is CC(=Nc1c(C(C)C)cc(C(C)C)cc1C(C)C)c1cc(C)cc(C(C)=Nc2c(C(C)C)cc(C(C)C)cc2C(C)C)n1.[Cl-].[Cl-].[Co+2]. The van der Waals surface area contributed by atoms with Gasteiger partial charge in [-0.3, -0.25) is 9.98 Å². The van der Waals surface area contributed by atoms with Crippen molar-refractivity contribution in [3.05, 3.63) is 86.7 Å². The maximum atomic E-state index is 5.31. The van der Waals surface area contributed by atoms with E-state index < -0.39 is 0 Å². The molecule has 1 aromatic heterocycles. The minimum absolute atomic E-state index is 0. The van der Waals surface area contributed by atoms with Gasteiger partial charge in [0.05, 0.1) is 34.2 Å². The van der Waals surface area contributed by atoms with Gasteiger partial charge in [-0.05, 0) is 107 Å². The van der Waals surface area contributed by atoms with Crippen molar-refractivity contribution in [2.24, 2.45) is 9.98 Å². The summed E-state index contributed by atoms with van der Waals surface area (Å²) in [5.74, 6) is 2.48. The second-order valence-electron chi connectivity index (χ2n) is 14.3. The molecule has 0 aliphatic heterocycles. The third kappa shape index (κ3) is 10.5. The number of nitrogens with zero attached hydrogens (tertiary/aromatic N) is 3. The zero-order valence-corrected chi connectivity index (χ0v) is 33.4. The van der Waals surface area contributed by atoms with E-state index in [1.807, 2.05) is 0 Å². The molecule has 0 aliphatic rings. The van der Waals surface area contributed by atoms with Gasteiger partial charge in [-0.15, -0.1) is 0 Å². The van der Waals surface area contributed by atoms with Gasteiger partial charge in [-0.25, -0.2) is 4.98 Å². The molecule has 3 rings (SSSR count). The standard InChI is InChI=1S/C40H57N3.2ClH.Co/c1-22(2)31-18-33(24(5)6)39(34(19-31)25(7)8)41-29(14)37-16-28(13)17-38(43-37)30(15)42-40-35(26(9)10)20-32(23(3)4)21-36(40)27(11)12;;;/h16-27H,1-15H3;2*1H;/q;;;+2/p-2. The molecule has 1 heterocycles. The zero-order valence-electron chi connectivity index (χ0n) is 30.9. The van der Waals surface area contributed by atoms with Crippen LogP contribution in [0.4, 0.5) is 11.4 Å². The van der Waals surface area contributed by atoms with Crippen molar-refractivity contribution in [2.45, 2.75) is 139 Å². The summed E-state index contributed by atoms with van der Waals surface area (Å²) in [6.07, 6.45) is 0. The van der Waals surface area contributed by atoms with E-state index in [-0.39, 0.29) is 41.6 Å². The summed E-state index contributed by atoms with van der Waals surface area (Å²) in [6, 6.07) is 13.8. The van der Waals surface area contributed by atoms with Crippen LogP contribution in [0.3, 0.4) is 0 Å². The van der Waals surface area contributed by atoms with Gasteiger partial charge in [-0.1, -0.05) is 107 Å². The van der Waals surface area contributed by atoms with Crippen LogP contribution in [-0.4, -0.2) is 16.4 Å². The fourth-order valence-corrected chi connectivity index (χ4v) is 5.58. The van der Waals surface area contributed by atoms with Gasteiger partial charge in [0.25, 0.3) is 0 Å². The number of halogens is 2. The van der Waals surface area contributed by atoms with Crippen molar-refractivity contribution in [3.8, 4) is 0 Å². The Morgan fingerprint density at radius 3 is 0.957 bits per heavy atom. The maximum absolute atomic E-state index is 5.31. The number of hydrogen-bond donors (Lipinski definition) is 0. The van der Waals surface area contributed by atoms with E-state index in [4.69, 9.17) is 15.0 Å².